The standard InChI is InChI=1S/C27H29ClFN7O5/c1-14(25(39)33-22(12-37)15-5-17(29)8-20(6-15)41-2)35-13-31-36-11-16(7-23(36)26(35)40)24-21(28)10-30-27(34-24)32-18-3-4-19(38)9-18/h5-8,10-11,13-14,18-19,22,37-38H,3-4,9,12H2,1-2H3,(H,33,39)(H,30,32,34)/t14-,18-,19+,22+/m0/s1. The number of carbonyl (C=O) groups is 1. The number of ether oxygens (including phenoxy) is 1. The summed E-state index contributed by atoms with van der Waals surface area (Å²) in [5, 5.41) is 30.1. The number of nitrogens with zero attached hydrogens (tertiary/aromatic N) is 5. The molecule has 0 aliphatic heterocycles. The highest BCUT2D eigenvalue weighted by Gasteiger charge is 2.25. The van der Waals surface area contributed by atoms with Crippen LogP contribution in [0.25, 0.3) is 16.8 Å². The van der Waals surface area contributed by atoms with Crippen LogP contribution in [0.4, 0.5) is 10.3 Å². The van der Waals surface area contributed by atoms with Crippen LogP contribution in [0.3, 0.4) is 0 Å². The van der Waals surface area contributed by atoms with Crippen LogP contribution in [0, 0.1) is 5.82 Å². The molecule has 0 radical (unpaired) electrons. The van der Waals surface area contributed by atoms with Crippen molar-refractivity contribution in [1.82, 2.24) is 29.5 Å². The van der Waals surface area contributed by atoms with Gasteiger partial charge in [0.15, 0.2) is 0 Å². The molecule has 4 N–H and O–H groups in total. The Morgan fingerprint density at radius 1 is 1.29 bits per heavy atom. The van der Waals surface area contributed by atoms with Crippen LogP contribution in [-0.2, 0) is 4.79 Å². The van der Waals surface area contributed by atoms with Gasteiger partial charge in [0.05, 0.1) is 42.8 Å². The molecule has 41 heavy (non-hydrogen) atoms. The maximum Gasteiger partial charge on any atom is 0.278 e. The molecule has 4 aromatic rings. The van der Waals surface area contributed by atoms with Crippen molar-refractivity contribution in [3.05, 3.63) is 69.7 Å². The van der Waals surface area contributed by atoms with Crippen LogP contribution in [-0.4, -0.2) is 66.1 Å². The van der Waals surface area contributed by atoms with Gasteiger partial charge in [-0.05, 0) is 49.9 Å². The van der Waals surface area contributed by atoms with Gasteiger partial charge in [-0.25, -0.2) is 18.9 Å². The average molecular weight is 586 g/mol. The largest absolute Gasteiger partial charge is 0.497 e. The zero-order valence-electron chi connectivity index (χ0n) is 22.3. The number of hydrogen-bond acceptors (Lipinski definition) is 9. The summed E-state index contributed by atoms with van der Waals surface area (Å²) in [6.45, 7) is 1.01. The molecule has 0 bridgehead atoms. The molecule has 1 fully saturated rings. The lowest BCUT2D eigenvalue weighted by atomic mass is 10.1. The van der Waals surface area contributed by atoms with Crippen molar-refractivity contribution in [2.75, 3.05) is 19.0 Å². The molecular formula is C27H29ClFN7O5. The SMILES string of the molecule is COc1cc(F)cc([C@@H](CO)NC(=O)[C@H](C)n2cnn3cc(-c4nc(N[C@H]5CC[C@@H](O)C5)ncc4Cl)cc3c2=O)c1. The molecule has 0 unspecified atom stereocenters. The van der Waals surface area contributed by atoms with Crippen molar-refractivity contribution in [2.45, 2.75) is 50.4 Å². The number of benzene rings is 1. The third-order valence-corrected chi connectivity index (χ3v) is 7.41. The molecule has 4 atom stereocenters. The Labute approximate surface area is 238 Å². The lowest BCUT2D eigenvalue weighted by Gasteiger charge is -2.21. The molecule has 0 saturated heterocycles. The number of rotatable bonds is 9. The summed E-state index contributed by atoms with van der Waals surface area (Å²) in [6, 6.07) is 3.55. The highest BCUT2D eigenvalue weighted by Crippen LogP contribution is 2.29. The van der Waals surface area contributed by atoms with E-state index in [1.54, 1.807) is 12.3 Å². The maximum absolute atomic E-state index is 14.0. The zero-order chi connectivity index (χ0) is 29.3. The molecule has 0 spiro atoms. The molecule has 1 saturated carbocycles. The van der Waals surface area contributed by atoms with Gasteiger partial charge in [0.2, 0.25) is 11.9 Å². The minimum Gasteiger partial charge on any atom is -0.497 e. The Bertz CT molecular complexity index is 1640. The zero-order valence-corrected chi connectivity index (χ0v) is 23.0. The second-order valence-corrected chi connectivity index (χ2v) is 10.4. The Morgan fingerprint density at radius 3 is 2.80 bits per heavy atom. The van der Waals surface area contributed by atoms with E-state index in [0.29, 0.717) is 35.6 Å². The Balaban J connectivity index is 1.38. The second-order valence-electron chi connectivity index (χ2n) is 9.94. The number of amides is 1. The smallest absolute Gasteiger partial charge is 0.278 e. The van der Waals surface area contributed by atoms with Crippen molar-refractivity contribution >= 4 is 29.0 Å². The number of anilines is 1. The highest BCUT2D eigenvalue weighted by molar-refractivity contribution is 6.32. The number of aliphatic hydroxyl groups is 2. The Kier molecular flexibility index (Phi) is 8.20. The van der Waals surface area contributed by atoms with Crippen LogP contribution in [0.2, 0.25) is 5.02 Å². The topological polar surface area (TPSA) is 156 Å². The van der Waals surface area contributed by atoms with E-state index in [-0.39, 0.29) is 28.4 Å². The fourth-order valence-corrected chi connectivity index (χ4v) is 5.08. The number of aromatic nitrogens is 5. The number of fused-ring (bicyclic) bond motifs is 1. The minimum absolute atomic E-state index is 0.0435. The molecule has 3 heterocycles. The molecule has 12 nitrogen and oxygen atoms in total. The van der Waals surface area contributed by atoms with E-state index >= 15 is 0 Å². The van der Waals surface area contributed by atoms with E-state index < -0.39 is 36.0 Å². The van der Waals surface area contributed by atoms with Crippen molar-refractivity contribution in [1.29, 1.82) is 0 Å². The Morgan fingerprint density at radius 2 is 2.10 bits per heavy atom. The van der Waals surface area contributed by atoms with Crippen LogP contribution in [0.1, 0.15) is 43.8 Å². The van der Waals surface area contributed by atoms with Crippen LogP contribution in [0.5, 0.6) is 5.75 Å². The van der Waals surface area contributed by atoms with Crippen molar-refractivity contribution in [3.63, 3.8) is 0 Å². The van der Waals surface area contributed by atoms with Gasteiger partial charge < -0.3 is 25.6 Å². The van der Waals surface area contributed by atoms with Gasteiger partial charge in [0.25, 0.3) is 5.56 Å². The van der Waals surface area contributed by atoms with Gasteiger partial charge in [-0.1, -0.05) is 11.6 Å². The summed E-state index contributed by atoms with van der Waals surface area (Å²) in [6.07, 6.45) is 6.05. The van der Waals surface area contributed by atoms with Crippen LogP contribution < -0.4 is 20.9 Å². The summed E-state index contributed by atoms with van der Waals surface area (Å²) in [7, 11) is 1.38. The molecule has 3 aromatic heterocycles. The normalized spacial score (nSPS) is 18.3. The lowest BCUT2D eigenvalue weighted by Crippen LogP contribution is -2.39. The molecule has 5 rings (SSSR count). The molecule has 216 valence electrons. The van der Waals surface area contributed by atoms with Crippen molar-refractivity contribution in [2.24, 2.45) is 0 Å². The van der Waals surface area contributed by atoms with E-state index in [4.69, 9.17) is 16.3 Å². The fourth-order valence-electron chi connectivity index (χ4n) is 4.88. The van der Waals surface area contributed by atoms with E-state index in [2.05, 4.69) is 25.7 Å². The first-order chi connectivity index (χ1) is 19.7. The first-order valence-corrected chi connectivity index (χ1v) is 13.4. The number of halogens is 2. The van der Waals surface area contributed by atoms with Crippen LogP contribution >= 0.6 is 11.6 Å². The molecule has 1 amide bonds. The first kappa shape index (κ1) is 28.5. The van der Waals surface area contributed by atoms with Gasteiger partial charge >= 0.3 is 0 Å². The average Bonchev–Trinajstić information content (AvgIpc) is 3.58. The van der Waals surface area contributed by atoms with E-state index in [9.17, 15) is 24.2 Å². The molecule has 1 aliphatic carbocycles. The summed E-state index contributed by atoms with van der Waals surface area (Å²) in [5.74, 6) is -0.582. The van der Waals surface area contributed by atoms with Gasteiger partial charge in [0, 0.05) is 23.9 Å². The molecular weight excluding hydrogens is 557 g/mol. The van der Waals surface area contributed by atoms with Gasteiger partial charge in [-0.3, -0.25) is 14.2 Å². The highest BCUT2D eigenvalue weighted by atomic mass is 35.5. The fraction of sp³-hybridized carbons (Fsp3) is 0.370. The van der Waals surface area contributed by atoms with Gasteiger partial charge in [-0.15, -0.1) is 0 Å². The van der Waals surface area contributed by atoms with Crippen molar-refractivity contribution < 1.29 is 24.1 Å². The van der Waals surface area contributed by atoms with Crippen molar-refractivity contribution in [3.8, 4) is 17.0 Å². The van der Waals surface area contributed by atoms with E-state index in [0.717, 1.165) is 11.0 Å². The number of aliphatic hydroxyl groups excluding tert-OH is 2. The lowest BCUT2D eigenvalue weighted by molar-refractivity contribution is -0.125. The predicted octanol–water partition coefficient (Wildman–Crippen LogP) is 2.49. The third-order valence-electron chi connectivity index (χ3n) is 7.14. The quantitative estimate of drug-likeness (QED) is 0.232. The molecule has 1 aromatic carbocycles. The summed E-state index contributed by atoms with van der Waals surface area (Å²) in [4.78, 5) is 35.2. The number of carbonyl (C=O) groups excluding carboxylic acids is 1. The molecule has 14 heteroatoms. The van der Waals surface area contributed by atoms with Gasteiger partial charge in [0.1, 0.15) is 29.5 Å². The first-order valence-electron chi connectivity index (χ1n) is 13.0. The second kappa shape index (κ2) is 11.8. The summed E-state index contributed by atoms with van der Waals surface area (Å²) in [5.41, 5.74) is 0.902. The number of hydrogen-bond donors (Lipinski definition) is 4. The number of methoxy groups -OCH3 is 1. The maximum atomic E-state index is 14.0. The van der Waals surface area contributed by atoms with E-state index in [1.807, 2.05) is 0 Å². The minimum atomic E-state index is -1.01. The predicted molar refractivity (Wildman–Crippen MR) is 148 cm³/mol. The monoisotopic (exact) mass is 585 g/mol. The van der Waals surface area contributed by atoms with Crippen LogP contribution in [0.15, 0.2) is 47.8 Å². The summed E-state index contributed by atoms with van der Waals surface area (Å²) >= 11 is 6.39. The molecule has 1 aliphatic rings. The summed E-state index contributed by atoms with van der Waals surface area (Å²) < 4.78 is 21.6. The number of nitrogens with one attached hydrogen (secondary N) is 2. The van der Waals surface area contributed by atoms with E-state index in [1.165, 1.54) is 49.3 Å². The Hall–Kier alpha value is -4.07. The van der Waals surface area contributed by atoms with Gasteiger partial charge in [-0.2, -0.15) is 5.10 Å². The third kappa shape index (κ3) is 6.01.